The highest BCUT2D eigenvalue weighted by atomic mass is 35.5. The lowest BCUT2D eigenvalue weighted by atomic mass is 10.3. The van der Waals surface area contributed by atoms with Crippen LogP contribution in [0, 0.1) is 5.82 Å². The first-order valence-electron chi connectivity index (χ1n) is 6.03. The van der Waals surface area contributed by atoms with E-state index in [1.165, 1.54) is 12.1 Å². The van der Waals surface area contributed by atoms with E-state index in [9.17, 15) is 4.39 Å². The summed E-state index contributed by atoms with van der Waals surface area (Å²) in [4.78, 5) is 4.27. The van der Waals surface area contributed by atoms with Gasteiger partial charge in [0, 0.05) is 18.7 Å². The molecule has 2 aromatic rings. The summed E-state index contributed by atoms with van der Waals surface area (Å²) < 4.78 is 18.8. The van der Waals surface area contributed by atoms with E-state index in [0.29, 0.717) is 11.6 Å². The molecule has 1 aromatic carbocycles. The molecule has 100 valence electrons. The number of ether oxygens (including phenoxy) is 1. The molecular weight excluding hydrogens is 267 g/mol. The van der Waals surface area contributed by atoms with Crippen molar-refractivity contribution in [1.82, 2.24) is 4.98 Å². The number of anilines is 1. The summed E-state index contributed by atoms with van der Waals surface area (Å²) in [5, 5.41) is 3.22. The molecule has 19 heavy (non-hydrogen) atoms. The number of nitrogens with zero attached hydrogens (tertiary/aromatic N) is 1. The zero-order valence-electron chi connectivity index (χ0n) is 10.5. The third-order valence-corrected chi connectivity index (χ3v) is 2.70. The number of hydrogen-bond donors (Lipinski definition) is 1. The molecule has 1 heterocycles. The maximum absolute atomic E-state index is 13.3. The molecule has 0 radical (unpaired) electrons. The van der Waals surface area contributed by atoms with Crippen molar-refractivity contribution in [3.05, 3.63) is 47.2 Å². The van der Waals surface area contributed by atoms with Gasteiger partial charge in [0.2, 0.25) is 5.88 Å². The fraction of sp³-hybridized carbons (Fsp3) is 0.214. The highest BCUT2D eigenvalue weighted by Crippen LogP contribution is 2.24. The van der Waals surface area contributed by atoms with Gasteiger partial charge in [0.1, 0.15) is 17.4 Å². The number of hydrogen-bond acceptors (Lipinski definition) is 3. The average Bonchev–Trinajstić information content (AvgIpc) is 2.41. The van der Waals surface area contributed by atoms with Crippen LogP contribution >= 0.6 is 11.6 Å². The highest BCUT2D eigenvalue weighted by molar-refractivity contribution is 6.30. The van der Waals surface area contributed by atoms with Gasteiger partial charge in [-0.1, -0.05) is 24.6 Å². The third-order valence-electron chi connectivity index (χ3n) is 2.39. The van der Waals surface area contributed by atoms with Crippen LogP contribution in [-0.4, -0.2) is 11.5 Å². The van der Waals surface area contributed by atoms with E-state index in [-0.39, 0.29) is 5.02 Å². The Balaban J connectivity index is 2.11. The Morgan fingerprint density at radius 1 is 1.32 bits per heavy atom. The summed E-state index contributed by atoms with van der Waals surface area (Å²) >= 11 is 5.61. The molecule has 0 aliphatic carbocycles. The van der Waals surface area contributed by atoms with Crippen molar-refractivity contribution in [2.24, 2.45) is 0 Å². The van der Waals surface area contributed by atoms with E-state index in [1.807, 2.05) is 12.1 Å². The number of pyridine rings is 1. The van der Waals surface area contributed by atoms with Gasteiger partial charge in [-0.25, -0.2) is 4.39 Å². The van der Waals surface area contributed by atoms with E-state index in [4.69, 9.17) is 16.3 Å². The van der Waals surface area contributed by atoms with Gasteiger partial charge in [-0.15, -0.1) is 0 Å². The van der Waals surface area contributed by atoms with Gasteiger partial charge >= 0.3 is 0 Å². The Hall–Kier alpha value is -1.81. The summed E-state index contributed by atoms with van der Waals surface area (Å²) in [7, 11) is 0. The lowest BCUT2D eigenvalue weighted by Crippen LogP contribution is -2.02. The second-order valence-electron chi connectivity index (χ2n) is 3.97. The van der Waals surface area contributed by atoms with Crippen LogP contribution in [0.2, 0.25) is 5.02 Å². The number of halogens is 2. The molecule has 0 fully saturated rings. The van der Waals surface area contributed by atoms with Crippen molar-refractivity contribution < 1.29 is 9.13 Å². The minimum Gasteiger partial charge on any atom is -0.439 e. The Kier molecular flexibility index (Phi) is 4.58. The van der Waals surface area contributed by atoms with E-state index in [2.05, 4.69) is 17.2 Å². The van der Waals surface area contributed by atoms with Crippen molar-refractivity contribution in [2.75, 3.05) is 11.9 Å². The second kappa shape index (κ2) is 6.38. The fourth-order valence-corrected chi connectivity index (χ4v) is 1.60. The van der Waals surface area contributed by atoms with Crippen molar-refractivity contribution in [2.45, 2.75) is 13.3 Å². The van der Waals surface area contributed by atoms with Crippen LogP contribution in [0.5, 0.6) is 11.6 Å². The van der Waals surface area contributed by atoms with Crippen LogP contribution in [0.15, 0.2) is 36.4 Å². The summed E-state index contributed by atoms with van der Waals surface area (Å²) in [5.74, 6) is 0.984. The largest absolute Gasteiger partial charge is 0.439 e. The quantitative estimate of drug-likeness (QED) is 0.876. The van der Waals surface area contributed by atoms with Crippen molar-refractivity contribution in [1.29, 1.82) is 0 Å². The van der Waals surface area contributed by atoms with Gasteiger partial charge in [0.25, 0.3) is 0 Å². The fourth-order valence-electron chi connectivity index (χ4n) is 1.48. The van der Waals surface area contributed by atoms with Crippen molar-refractivity contribution in [3.63, 3.8) is 0 Å². The molecule has 5 heteroatoms. The lowest BCUT2D eigenvalue weighted by molar-refractivity contribution is 0.459. The van der Waals surface area contributed by atoms with E-state index < -0.39 is 5.82 Å². The molecule has 0 saturated carbocycles. The Bertz CT molecular complexity index is 563. The number of benzene rings is 1. The van der Waals surface area contributed by atoms with Crippen molar-refractivity contribution in [3.8, 4) is 11.6 Å². The molecular formula is C14H14ClFN2O. The predicted octanol–water partition coefficient (Wildman–Crippen LogP) is 4.49. The molecule has 3 nitrogen and oxygen atoms in total. The minimum absolute atomic E-state index is 0.0682. The molecule has 1 N–H and O–H groups in total. The van der Waals surface area contributed by atoms with Gasteiger partial charge in [0.15, 0.2) is 0 Å². The van der Waals surface area contributed by atoms with Gasteiger partial charge in [-0.3, -0.25) is 0 Å². The topological polar surface area (TPSA) is 34.1 Å². The van der Waals surface area contributed by atoms with Gasteiger partial charge < -0.3 is 10.1 Å². The summed E-state index contributed by atoms with van der Waals surface area (Å²) in [6, 6.07) is 9.67. The molecule has 0 bridgehead atoms. The van der Waals surface area contributed by atoms with Crippen LogP contribution in [0.4, 0.5) is 10.2 Å². The van der Waals surface area contributed by atoms with E-state index >= 15 is 0 Å². The SMILES string of the molecule is CCCNc1cccc(Oc2ccc(Cl)c(F)c2)n1. The standard InChI is InChI=1S/C14H14ClFN2O/c1-2-8-17-13-4-3-5-14(18-13)19-10-6-7-11(15)12(16)9-10/h3-7,9H,2,8H2,1H3,(H,17,18). The third kappa shape index (κ3) is 3.83. The number of nitrogens with one attached hydrogen (secondary N) is 1. The maximum Gasteiger partial charge on any atom is 0.221 e. The van der Waals surface area contributed by atoms with Crippen molar-refractivity contribution >= 4 is 17.4 Å². The Labute approximate surface area is 116 Å². The highest BCUT2D eigenvalue weighted by Gasteiger charge is 2.04. The van der Waals surface area contributed by atoms with Crippen LogP contribution in [0.25, 0.3) is 0 Å². The van der Waals surface area contributed by atoms with Crippen LogP contribution in [0.3, 0.4) is 0 Å². The predicted molar refractivity (Wildman–Crippen MR) is 74.5 cm³/mol. The van der Waals surface area contributed by atoms with Gasteiger partial charge in [-0.2, -0.15) is 4.98 Å². The molecule has 0 aliphatic rings. The normalized spacial score (nSPS) is 10.3. The first-order chi connectivity index (χ1) is 9.19. The zero-order chi connectivity index (χ0) is 13.7. The zero-order valence-corrected chi connectivity index (χ0v) is 11.2. The molecule has 2 rings (SSSR count). The molecule has 0 atom stereocenters. The monoisotopic (exact) mass is 280 g/mol. The lowest BCUT2D eigenvalue weighted by Gasteiger charge is -2.08. The van der Waals surface area contributed by atoms with Gasteiger partial charge in [0.05, 0.1) is 5.02 Å². The Morgan fingerprint density at radius 2 is 2.16 bits per heavy atom. The Morgan fingerprint density at radius 3 is 2.89 bits per heavy atom. The van der Waals surface area contributed by atoms with Crippen LogP contribution in [0.1, 0.15) is 13.3 Å². The second-order valence-corrected chi connectivity index (χ2v) is 4.37. The smallest absolute Gasteiger partial charge is 0.221 e. The molecule has 0 amide bonds. The molecule has 1 aromatic heterocycles. The number of aromatic nitrogens is 1. The number of rotatable bonds is 5. The summed E-state index contributed by atoms with van der Waals surface area (Å²) in [5.41, 5.74) is 0. The van der Waals surface area contributed by atoms with E-state index in [1.54, 1.807) is 12.1 Å². The van der Waals surface area contributed by atoms with Gasteiger partial charge in [-0.05, 0) is 24.6 Å². The molecule has 0 aliphatic heterocycles. The summed E-state index contributed by atoms with van der Waals surface area (Å²) in [6.45, 7) is 2.91. The maximum atomic E-state index is 13.3. The summed E-state index contributed by atoms with van der Waals surface area (Å²) in [6.07, 6.45) is 1.01. The minimum atomic E-state index is -0.514. The van der Waals surface area contributed by atoms with E-state index in [0.717, 1.165) is 18.8 Å². The van der Waals surface area contributed by atoms with Crippen LogP contribution in [-0.2, 0) is 0 Å². The molecule has 0 spiro atoms. The first kappa shape index (κ1) is 13.6. The first-order valence-corrected chi connectivity index (χ1v) is 6.40. The average molecular weight is 281 g/mol. The molecule has 0 unspecified atom stereocenters. The van der Waals surface area contributed by atoms with Crippen LogP contribution < -0.4 is 10.1 Å². The molecule has 0 saturated heterocycles.